The first-order valence-electron chi connectivity index (χ1n) is 7.58. The van der Waals surface area contributed by atoms with Gasteiger partial charge in [0.1, 0.15) is 11.2 Å². The van der Waals surface area contributed by atoms with E-state index in [1.807, 2.05) is 19.1 Å². The van der Waals surface area contributed by atoms with Crippen LogP contribution in [0.1, 0.15) is 18.5 Å². The predicted molar refractivity (Wildman–Crippen MR) is 92.6 cm³/mol. The lowest BCUT2D eigenvalue weighted by Gasteiger charge is -2.15. The van der Waals surface area contributed by atoms with Gasteiger partial charge in [0.05, 0.1) is 24.9 Å². The summed E-state index contributed by atoms with van der Waals surface area (Å²) in [5.41, 5.74) is 1.82. The van der Waals surface area contributed by atoms with Crippen LogP contribution in [-0.4, -0.2) is 33.2 Å². The number of pyridine rings is 3. The van der Waals surface area contributed by atoms with Gasteiger partial charge in [-0.15, -0.1) is 0 Å². The molecule has 3 N–H and O–H groups in total. The first-order chi connectivity index (χ1) is 12.1. The summed E-state index contributed by atoms with van der Waals surface area (Å²) in [5, 5.41) is 15.7. The van der Waals surface area contributed by atoms with Crippen molar-refractivity contribution in [2.24, 2.45) is 0 Å². The lowest BCUT2D eigenvalue weighted by molar-refractivity contribution is 0.249. The number of hydrogen-bond donors (Lipinski definition) is 3. The van der Waals surface area contributed by atoms with Crippen molar-refractivity contribution in [2.75, 3.05) is 12.4 Å². The average Bonchev–Trinajstić information content (AvgIpc) is 2.64. The van der Waals surface area contributed by atoms with Gasteiger partial charge in [0.15, 0.2) is 5.75 Å². The van der Waals surface area contributed by atoms with Crippen LogP contribution < -0.4 is 15.4 Å². The number of aromatic hydroxyl groups is 1. The molecule has 0 fully saturated rings. The highest BCUT2D eigenvalue weighted by molar-refractivity contribution is 5.95. The highest BCUT2D eigenvalue weighted by Crippen LogP contribution is 2.30. The molecule has 0 aliphatic carbocycles. The summed E-state index contributed by atoms with van der Waals surface area (Å²) < 4.78 is 5.05. The molecule has 0 bridgehead atoms. The molecule has 0 aliphatic rings. The minimum Gasteiger partial charge on any atom is -0.504 e. The van der Waals surface area contributed by atoms with Crippen molar-refractivity contribution in [2.45, 2.75) is 13.0 Å². The summed E-state index contributed by atoms with van der Waals surface area (Å²) in [6, 6.07) is 6.26. The van der Waals surface area contributed by atoms with Gasteiger partial charge in [-0.2, -0.15) is 0 Å². The molecule has 2 amide bonds. The lowest BCUT2D eigenvalue weighted by atomic mass is 10.1. The van der Waals surface area contributed by atoms with Crippen molar-refractivity contribution in [1.82, 2.24) is 20.3 Å². The first kappa shape index (κ1) is 16.4. The van der Waals surface area contributed by atoms with E-state index in [2.05, 4.69) is 25.6 Å². The number of rotatable bonds is 4. The second-order valence-electron chi connectivity index (χ2n) is 5.34. The van der Waals surface area contributed by atoms with Gasteiger partial charge in [0.2, 0.25) is 5.88 Å². The summed E-state index contributed by atoms with van der Waals surface area (Å²) in [6.07, 6.45) is 4.69. The quantitative estimate of drug-likeness (QED) is 0.674. The molecule has 3 heterocycles. The summed E-state index contributed by atoms with van der Waals surface area (Å²) >= 11 is 0. The Bertz CT molecular complexity index is 901. The van der Waals surface area contributed by atoms with Gasteiger partial charge in [0, 0.05) is 18.5 Å². The number of methoxy groups -OCH3 is 1. The lowest BCUT2D eigenvalue weighted by Crippen LogP contribution is -2.31. The molecule has 0 saturated carbocycles. The molecule has 3 aromatic rings. The van der Waals surface area contributed by atoms with Crippen LogP contribution in [0.3, 0.4) is 0 Å². The Labute approximate surface area is 143 Å². The number of urea groups is 1. The van der Waals surface area contributed by atoms with E-state index in [0.717, 1.165) is 5.56 Å². The molecule has 8 heteroatoms. The fraction of sp³-hybridized carbons (Fsp3) is 0.176. The van der Waals surface area contributed by atoms with Crippen molar-refractivity contribution in [3.8, 4) is 11.6 Å². The van der Waals surface area contributed by atoms with Crippen LogP contribution in [0.15, 0.2) is 42.9 Å². The van der Waals surface area contributed by atoms with E-state index in [0.29, 0.717) is 11.4 Å². The zero-order valence-electron chi connectivity index (χ0n) is 13.7. The van der Waals surface area contributed by atoms with E-state index in [9.17, 15) is 9.90 Å². The maximum atomic E-state index is 12.2. The molecule has 0 radical (unpaired) electrons. The third-order valence-corrected chi connectivity index (χ3v) is 3.67. The number of nitrogens with one attached hydrogen (secondary N) is 2. The van der Waals surface area contributed by atoms with Crippen molar-refractivity contribution < 1.29 is 14.6 Å². The van der Waals surface area contributed by atoms with Crippen LogP contribution in [0.25, 0.3) is 11.0 Å². The molecule has 25 heavy (non-hydrogen) atoms. The SMILES string of the molecule is COc1ccc2ncc(NC(=O)NC(C)c3ccncc3)c(O)c2n1. The minimum absolute atomic E-state index is 0.160. The smallest absolute Gasteiger partial charge is 0.319 e. The largest absolute Gasteiger partial charge is 0.504 e. The van der Waals surface area contributed by atoms with Gasteiger partial charge in [-0.25, -0.2) is 9.78 Å². The Balaban J connectivity index is 1.78. The third-order valence-electron chi connectivity index (χ3n) is 3.67. The van der Waals surface area contributed by atoms with Gasteiger partial charge in [-0.1, -0.05) is 0 Å². The zero-order valence-corrected chi connectivity index (χ0v) is 13.7. The predicted octanol–water partition coefficient (Wildman–Crippen LogP) is 2.62. The molecule has 0 aromatic carbocycles. The summed E-state index contributed by atoms with van der Waals surface area (Å²) in [5.74, 6) is 0.174. The van der Waals surface area contributed by atoms with Crippen LogP contribution in [0.4, 0.5) is 10.5 Å². The van der Waals surface area contributed by atoms with Gasteiger partial charge in [-0.3, -0.25) is 9.97 Å². The number of nitrogens with zero attached hydrogens (tertiary/aromatic N) is 3. The van der Waals surface area contributed by atoms with Crippen molar-refractivity contribution in [3.05, 3.63) is 48.4 Å². The third kappa shape index (κ3) is 3.57. The van der Waals surface area contributed by atoms with Gasteiger partial charge in [-0.05, 0) is 30.7 Å². The van der Waals surface area contributed by atoms with Crippen LogP contribution in [0, 0.1) is 0 Å². The molecular weight excluding hydrogens is 322 g/mol. The van der Waals surface area contributed by atoms with Crippen LogP contribution in [-0.2, 0) is 0 Å². The van der Waals surface area contributed by atoms with E-state index >= 15 is 0 Å². The standard InChI is InChI=1S/C17H17N5O3/c1-10(11-5-7-18-8-6-11)20-17(24)21-13-9-19-12-3-4-14(25-2)22-15(12)16(13)23/h3-10H,1-2H3,(H,19,23)(H2,20,21,24). The normalized spacial score (nSPS) is 11.8. The maximum absolute atomic E-state index is 12.2. The number of amides is 2. The molecule has 0 saturated heterocycles. The molecule has 0 spiro atoms. The van der Waals surface area contributed by atoms with Crippen molar-refractivity contribution in [3.63, 3.8) is 0 Å². The number of anilines is 1. The number of carbonyl (C=O) groups is 1. The average molecular weight is 339 g/mol. The van der Waals surface area contributed by atoms with Gasteiger partial charge in [0.25, 0.3) is 0 Å². The fourth-order valence-corrected chi connectivity index (χ4v) is 2.33. The Morgan fingerprint density at radius 2 is 2.00 bits per heavy atom. The highest BCUT2D eigenvalue weighted by atomic mass is 16.5. The molecule has 8 nitrogen and oxygen atoms in total. The molecule has 128 valence electrons. The number of ether oxygens (including phenoxy) is 1. The van der Waals surface area contributed by atoms with E-state index in [-0.39, 0.29) is 23.0 Å². The monoisotopic (exact) mass is 339 g/mol. The summed E-state index contributed by atoms with van der Waals surface area (Å²) in [4.78, 5) is 24.5. The first-order valence-corrected chi connectivity index (χ1v) is 7.58. The fourth-order valence-electron chi connectivity index (χ4n) is 2.33. The zero-order chi connectivity index (χ0) is 17.8. The second kappa shape index (κ2) is 7.00. The molecule has 3 aromatic heterocycles. The van der Waals surface area contributed by atoms with Gasteiger partial charge < -0.3 is 20.5 Å². The maximum Gasteiger partial charge on any atom is 0.319 e. The number of carbonyl (C=O) groups excluding carboxylic acids is 1. The Morgan fingerprint density at radius 3 is 2.72 bits per heavy atom. The van der Waals surface area contributed by atoms with Crippen molar-refractivity contribution in [1.29, 1.82) is 0 Å². The summed E-state index contributed by atoms with van der Waals surface area (Å²) in [7, 11) is 1.48. The molecule has 1 unspecified atom stereocenters. The van der Waals surface area contributed by atoms with Crippen LogP contribution >= 0.6 is 0 Å². The van der Waals surface area contributed by atoms with E-state index in [1.54, 1.807) is 24.5 Å². The number of fused-ring (bicyclic) bond motifs is 1. The number of aromatic nitrogens is 3. The molecule has 1 atom stereocenters. The molecular formula is C17H17N5O3. The number of hydrogen-bond acceptors (Lipinski definition) is 6. The molecule has 0 aliphatic heterocycles. The van der Waals surface area contributed by atoms with Crippen LogP contribution in [0.2, 0.25) is 0 Å². The topological polar surface area (TPSA) is 109 Å². The summed E-state index contributed by atoms with van der Waals surface area (Å²) in [6.45, 7) is 1.85. The minimum atomic E-state index is -0.469. The van der Waals surface area contributed by atoms with Crippen LogP contribution in [0.5, 0.6) is 11.6 Å². The van der Waals surface area contributed by atoms with E-state index < -0.39 is 6.03 Å². The second-order valence-corrected chi connectivity index (χ2v) is 5.34. The van der Waals surface area contributed by atoms with E-state index in [1.165, 1.54) is 13.3 Å². The van der Waals surface area contributed by atoms with E-state index in [4.69, 9.17) is 4.74 Å². The Morgan fingerprint density at radius 1 is 1.24 bits per heavy atom. The van der Waals surface area contributed by atoms with Crippen molar-refractivity contribution >= 4 is 22.8 Å². The molecule has 3 rings (SSSR count). The highest BCUT2D eigenvalue weighted by Gasteiger charge is 2.14. The van der Waals surface area contributed by atoms with Gasteiger partial charge >= 0.3 is 6.03 Å². The Kier molecular flexibility index (Phi) is 4.60. The Hall–Kier alpha value is -3.42.